The van der Waals surface area contributed by atoms with E-state index in [4.69, 9.17) is 4.74 Å². The smallest absolute Gasteiger partial charge is 0.240 e. The summed E-state index contributed by atoms with van der Waals surface area (Å²) in [7, 11) is 0. The molecule has 7 heteroatoms. The SMILES string of the molecule is Cc1cccc(OCC(O)CNC(C)(C)CNc2ccc(C3=NNC(=O)CC3C)cc2)c1C. The number of hydrogen-bond donors (Lipinski definition) is 4. The zero-order chi connectivity index (χ0) is 24.0. The zero-order valence-electron chi connectivity index (χ0n) is 20.2. The normalized spacial score (nSPS) is 17.2. The Morgan fingerprint density at radius 3 is 2.64 bits per heavy atom. The molecule has 0 aliphatic carbocycles. The molecule has 2 unspecified atom stereocenters. The predicted molar refractivity (Wildman–Crippen MR) is 133 cm³/mol. The number of benzene rings is 2. The number of nitrogens with one attached hydrogen (secondary N) is 3. The van der Waals surface area contributed by atoms with Gasteiger partial charge in [0, 0.05) is 36.7 Å². The number of ether oxygens (including phenoxy) is 1. The Balaban J connectivity index is 1.44. The maximum atomic E-state index is 11.4. The van der Waals surface area contributed by atoms with E-state index in [1.807, 2.05) is 63.2 Å². The van der Waals surface area contributed by atoms with Crippen LogP contribution in [-0.2, 0) is 4.79 Å². The molecule has 2 aromatic rings. The molecule has 0 fully saturated rings. The van der Waals surface area contributed by atoms with Crippen LogP contribution in [0.3, 0.4) is 0 Å². The number of amides is 1. The highest BCUT2D eigenvalue weighted by molar-refractivity contribution is 6.05. The minimum absolute atomic E-state index is 0.0405. The van der Waals surface area contributed by atoms with E-state index in [-0.39, 0.29) is 24.0 Å². The first kappa shape index (κ1) is 24.7. The van der Waals surface area contributed by atoms with Gasteiger partial charge in [0.2, 0.25) is 5.91 Å². The number of aryl methyl sites for hydroxylation is 1. The lowest BCUT2D eigenvalue weighted by molar-refractivity contribution is -0.121. The highest BCUT2D eigenvalue weighted by atomic mass is 16.5. The Labute approximate surface area is 196 Å². The van der Waals surface area contributed by atoms with E-state index in [2.05, 4.69) is 35.0 Å². The van der Waals surface area contributed by atoms with Gasteiger partial charge in [0.1, 0.15) is 18.5 Å². The molecule has 0 bridgehead atoms. The van der Waals surface area contributed by atoms with Crippen molar-refractivity contribution in [3.8, 4) is 5.75 Å². The summed E-state index contributed by atoms with van der Waals surface area (Å²) in [6, 6.07) is 14.0. The topological polar surface area (TPSA) is 95.0 Å². The summed E-state index contributed by atoms with van der Waals surface area (Å²) in [6.45, 7) is 11.6. The predicted octanol–water partition coefficient (Wildman–Crippen LogP) is 3.38. The van der Waals surface area contributed by atoms with Crippen molar-refractivity contribution >= 4 is 17.3 Å². The Bertz CT molecular complexity index is 986. The molecule has 2 atom stereocenters. The third kappa shape index (κ3) is 7.04. The van der Waals surface area contributed by atoms with Crippen molar-refractivity contribution in [2.45, 2.75) is 52.7 Å². The molecule has 0 saturated heterocycles. The zero-order valence-corrected chi connectivity index (χ0v) is 20.2. The lowest BCUT2D eigenvalue weighted by Crippen LogP contribution is -2.49. The van der Waals surface area contributed by atoms with Crippen LogP contribution in [0.5, 0.6) is 5.75 Å². The molecular formula is C26H36N4O3. The Kier molecular flexibility index (Phi) is 8.10. The molecule has 0 radical (unpaired) electrons. The Morgan fingerprint density at radius 2 is 1.94 bits per heavy atom. The summed E-state index contributed by atoms with van der Waals surface area (Å²) >= 11 is 0. The minimum Gasteiger partial charge on any atom is -0.491 e. The second kappa shape index (κ2) is 10.8. The van der Waals surface area contributed by atoms with Crippen LogP contribution in [0.2, 0.25) is 0 Å². The average Bonchev–Trinajstić information content (AvgIpc) is 2.78. The quantitative estimate of drug-likeness (QED) is 0.443. The van der Waals surface area contributed by atoms with E-state index in [9.17, 15) is 9.90 Å². The number of anilines is 1. The molecule has 1 heterocycles. The van der Waals surface area contributed by atoms with Crippen molar-refractivity contribution in [1.29, 1.82) is 0 Å². The number of aliphatic hydroxyl groups excluding tert-OH is 1. The van der Waals surface area contributed by atoms with Gasteiger partial charge in [-0.2, -0.15) is 5.10 Å². The molecule has 0 saturated carbocycles. The van der Waals surface area contributed by atoms with E-state index in [1.54, 1.807) is 0 Å². The van der Waals surface area contributed by atoms with Crippen LogP contribution in [0, 0.1) is 19.8 Å². The van der Waals surface area contributed by atoms with E-state index < -0.39 is 6.10 Å². The van der Waals surface area contributed by atoms with Crippen LogP contribution in [0.1, 0.15) is 43.9 Å². The van der Waals surface area contributed by atoms with E-state index in [0.29, 0.717) is 19.5 Å². The summed E-state index contributed by atoms with van der Waals surface area (Å²) in [5.74, 6) is 0.876. The van der Waals surface area contributed by atoms with Gasteiger partial charge in [-0.3, -0.25) is 4.79 Å². The number of nitrogens with zero attached hydrogens (tertiary/aromatic N) is 1. The van der Waals surface area contributed by atoms with Crippen molar-refractivity contribution in [3.05, 3.63) is 59.2 Å². The molecule has 4 N–H and O–H groups in total. The highest BCUT2D eigenvalue weighted by Gasteiger charge is 2.22. The summed E-state index contributed by atoms with van der Waals surface area (Å²) in [5, 5.41) is 21.4. The minimum atomic E-state index is -0.609. The first-order valence-electron chi connectivity index (χ1n) is 11.5. The molecule has 0 aromatic heterocycles. The van der Waals surface area contributed by atoms with Gasteiger partial charge in [-0.15, -0.1) is 0 Å². The highest BCUT2D eigenvalue weighted by Crippen LogP contribution is 2.21. The second-order valence-corrected chi connectivity index (χ2v) is 9.50. The first-order chi connectivity index (χ1) is 15.6. The molecule has 1 amide bonds. The largest absolute Gasteiger partial charge is 0.491 e. The molecule has 0 spiro atoms. The fourth-order valence-electron chi connectivity index (χ4n) is 3.67. The second-order valence-electron chi connectivity index (χ2n) is 9.50. The summed E-state index contributed by atoms with van der Waals surface area (Å²) in [5.41, 5.74) is 7.52. The van der Waals surface area contributed by atoms with Crippen molar-refractivity contribution in [1.82, 2.24) is 10.7 Å². The number of hydrogen-bond acceptors (Lipinski definition) is 6. The average molecular weight is 453 g/mol. The Hall–Kier alpha value is -2.90. The van der Waals surface area contributed by atoms with Crippen molar-refractivity contribution in [3.63, 3.8) is 0 Å². The lowest BCUT2D eigenvalue weighted by atomic mass is 9.94. The van der Waals surface area contributed by atoms with Crippen LogP contribution in [0.4, 0.5) is 5.69 Å². The number of carbonyl (C=O) groups excluding carboxylic acids is 1. The third-order valence-electron chi connectivity index (χ3n) is 5.98. The fraction of sp³-hybridized carbons (Fsp3) is 0.462. The molecule has 1 aliphatic rings. The van der Waals surface area contributed by atoms with Gasteiger partial charge in [-0.1, -0.05) is 31.2 Å². The summed E-state index contributed by atoms with van der Waals surface area (Å²) < 4.78 is 5.81. The van der Waals surface area contributed by atoms with Gasteiger partial charge in [0.25, 0.3) is 0 Å². The van der Waals surface area contributed by atoms with E-state index in [0.717, 1.165) is 28.3 Å². The molecule has 3 rings (SSSR count). The Morgan fingerprint density at radius 1 is 1.21 bits per heavy atom. The standard InChI is InChI=1S/C26H36N4O3/c1-17-7-6-8-23(19(17)3)33-15-22(31)14-28-26(4,5)16-27-21-11-9-20(10-12-21)25-18(2)13-24(32)29-30-25/h6-12,18,22,27-28,31H,13-16H2,1-5H3,(H,29,32). The maximum absolute atomic E-state index is 11.4. The molecule has 2 aromatic carbocycles. The van der Waals surface area contributed by atoms with Gasteiger partial charge in [-0.05, 0) is 62.6 Å². The molecular weight excluding hydrogens is 416 g/mol. The molecule has 7 nitrogen and oxygen atoms in total. The fourth-order valence-corrected chi connectivity index (χ4v) is 3.67. The van der Waals surface area contributed by atoms with Crippen molar-refractivity contribution in [2.75, 3.05) is 25.0 Å². The van der Waals surface area contributed by atoms with Crippen LogP contribution >= 0.6 is 0 Å². The number of β-amino-alcohol motifs (C(OH)–C–C–N with tert-alkyl or cyclic N) is 1. The van der Waals surface area contributed by atoms with E-state index in [1.165, 1.54) is 5.56 Å². The summed E-state index contributed by atoms with van der Waals surface area (Å²) in [6.07, 6.45) is -0.151. The van der Waals surface area contributed by atoms with Gasteiger partial charge < -0.3 is 20.5 Å². The monoisotopic (exact) mass is 452 g/mol. The van der Waals surface area contributed by atoms with E-state index >= 15 is 0 Å². The van der Waals surface area contributed by atoms with Crippen LogP contribution < -0.4 is 20.8 Å². The number of aliphatic hydroxyl groups is 1. The van der Waals surface area contributed by atoms with Crippen LogP contribution in [0.25, 0.3) is 0 Å². The first-order valence-corrected chi connectivity index (χ1v) is 11.5. The third-order valence-corrected chi connectivity index (χ3v) is 5.98. The maximum Gasteiger partial charge on any atom is 0.240 e. The van der Waals surface area contributed by atoms with Gasteiger partial charge in [0.05, 0.1) is 5.71 Å². The number of carbonyl (C=O) groups is 1. The molecule has 1 aliphatic heterocycles. The molecule has 33 heavy (non-hydrogen) atoms. The van der Waals surface area contributed by atoms with Crippen LogP contribution in [-0.4, -0.2) is 48.1 Å². The lowest BCUT2D eigenvalue weighted by Gasteiger charge is -2.28. The van der Waals surface area contributed by atoms with Crippen molar-refractivity contribution < 1.29 is 14.6 Å². The van der Waals surface area contributed by atoms with Crippen LogP contribution in [0.15, 0.2) is 47.6 Å². The number of rotatable bonds is 10. The number of hydrazone groups is 1. The summed E-state index contributed by atoms with van der Waals surface area (Å²) in [4.78, 5) is 11.4. The van der Waals surface area contributed by atoms with Gasteiger partial charge >= 0.3 is 0 Å². The molecule has 178 valence electrons. The van der Waals surface area contributed by atoms with Gasteiger partial charge in [-0.25, -0.2) is 5.43 Å². The van der Waals surface area contributed by atoms with Gasteiger partial charge in [0.15, 0.2) is 0 Å². The van der Waals surface area contributed by atoms with Crippen molar-refractivity contribution in [2.24, 2.45) is 11.0 Å².